The van der Waals surface area contributed by atoms with Crippen molar-refractivity contribution in [2.45, 2.75) is 38.1 Å². The zero-order valence-electron chi connectivity index (χ0n) is 20.2. The van der Waals surface area contributed by atoms with E-state index < -0.39 is 23.8 Å². The number of rotatable bonds is 11. The van der Waals surface area contributed by atoms with Gasteiger partial charge in [0.2, 0.25) is 11.8 Å². The van der Waals surface area contributed by atoms with Gasteiger partial charge in [0.25, 0.3) is 11.8 Å². The molecule has 0 bridgehead atoms. The van der Waals surface area contributed by atoms with Crippen LogP contribution in [0.3, 0.4) is 0 Å². The first-order valence-electron chi connectivity index (χ1n) is 11.8. The number of imide groups is 1. The summed E-state index contributed by atoms with van der Waals surface area (Å²) in [6.07, 6.45) is 5.43. The molecule has 192 valence electrons. The molecule has 3 aromatic rings. The standard InChI is InChI=1S/C27H29N5O5/c28-22(14-5-2-6-16-24(33)30-20-11-3-1-4-12-20)25(34)31-23-15-8-7-13-21(23)27(36)32(37)26(35)19-10-9-17-29-18-19/h1,3-4,7-13,15,17-18,22,37H,2,5-6,14,16,28H2,(H,30,33)(H,31,34). The van der Waals surface area contributed by atoms with E-state index in [9.17, 15) is 24.4 Å². The molecule has 1 atom stereocenters. The van der Waals surface area contributed by atoms with Crippen molar-refractivity contribution >= 4 is 35.0 Å². The number of aromatic nitrogens is 1. The van der Waals surface area contributed by atoms with Crippen molar-refractivity contribution < 1.29 is 24.4 Å². The van der Waals surface area contributed by atoms with Gasteiger partial charge in [-0.05, 0) is 49.2 Å². The topological polar surface area (TPSA) is 155 Å². The number of anilines is 2. The van der Waals surface area contributed by atoms with E-state index in [0.717, 1.165) is 5.69 Å². The molecule has 10 heteroatoms. The van der Waals surface area contributed by atoms with E-state index in [1.54, 1.807) is 12.1 Å². The average Bonchev–Trinajstić information content (AvgIpc) is 2.92. The third kappa shape index (κ3) is 8.06. The Bertz CT molecular complexity index is 1220. The van der Waals surface area contributed by atoms with Crippen LogP contribution in [0.2, 0.25) is 0 Å². The van der Waals surface area contributed by atoms with Gasteiger partial charge in [0.05, 0.1) is 22.9 Å². The van der Waals surface area contributed by atoms with Crippen molar-refractivity contribution in [3.63, 3.8) is 0 Å². The second kappa shape index (κ2) is 13.6. The second-order valence-electron chi connectivity index (χ2n) is 8.32. The Kier molecular flexibility index (Phi) is 10.0. The molecule has 0 spiro atoms. The van der Waals surface area contributed by atoms with Crippen molar-refractivity contribution in [2.75, 3.05) is 10.6 Å². The summed E-state index contributed by atoms with van der Waals surface area (Å²) in [6.45, 7) is 0. The Morgan fingerprint density at radius 2 is 1.59 bits per heavy atom. The Labute approximate surface area is 214 Å². The van der Waals surface area contributed by atoms with Gasteiger partial charge in [0, 0.05) is 24.5 Å². The van der Waals surface area contributed by atoms with Crippen LogP contribution in [-0.2, 0) is 9.59 Å². The van der Waals surface area contributed by atoms with Crippen LogP contribution < -0.4 is 16.4 Å². The minimum absolute atomic E-state index is 0.0180. The lowest BCUT2D eigenvalue weighted by atomic mass is 10.1. The zero-order chi connectivity index (χ0) is 26.6. The fourth-order valence-corrected chi connectivity index (χ4v) is 3.52. The van der Waals surface area contributed by atoms with E-state index in [0.29, 0.717) is 32.1 Å². The number of amides is 4. The fraction of sp³-hybridized carbons (Fsp3) is 0.222. The summed E-state index contributed by atoms with van der Waals surface area (Å²) in [7, 11) is 0. The zero-order valence-corrected chi connectivity index (χ0v) is 20.2. The van der Waals surface area contributed by atoms with E-state index in [1.165, 1.54) is 36.7 Å². The van der Waals surface area contributed by atoms with Crippen LogP contribution >= 0.6 is 0 Å². The quantitative estimate of drug-likeness (QED) is 0.135. The maximum absolute atomic E-state index is 12.8. The molecule has 0 aliphatic carbocycles. The number of carbonyl (C=O) groups is 4. The summed E-state index contributed by atoms with van der Waals surface area (Å²) < 4.78 is 0. The van der Waals surface area contributed by atoms with Gasteiger partial charge in [-0.2, -0.15) is 0 Å². The number of benzene rings is 2. The highest BCUT2D eigenvalue weighted by molar-refractivity contribution is 6.12. The molecule has 0 saturated heterocycles. The maximum atomic E-state index is 12.8. The number of hydrogen-bond acceptors (Lipinski definition) is 7. The van der Waals surface area contributed by atoms with Gasteiger partial charge < -0.3 is 16.4 Å². The highest BCUT2D eigenvalue weighted by atomic mass is 16.5. The van der Waals surface area contributed by atoms with E-state index >= 15 is 0 Å². The first-order chi connectivity index (χ1) is 17.9. The molecule has 3 rings (SSSR count). The summed E-state index contributed by atoms with van der Waals surface area (Å²) in [6, 6.07) is 17.3. The van der Waals surface area contributed by atoms with Crippen molar-refractivity contribution in [1.82, 2.24) is 10.0 Å². The first-order valence-corrected chi connectivity index (χ1v) is 11.8. The minimum Gasteiger partial charge on any atom is -0.326 e. The number of para-hydroxylation sites is 2. The highest BCUT2D eigenvalue weighted by Crippen LogP contribution is 2.19. The van der Waals surface area contributed by atoms with E-state index in [-0.39, 0.29) is 27.8 Å². The first kappa shape index (κ1) is 27.2. The number of carbonyl (C=O) groups excluding carboxylic acids is 4. The van der Waals surface area contributed by atoms with Crippen LogP contribution in [0, 0.1) is 0 Å². The molecule has 10 nitrogen and oxygen atoms in total. The molecule has 1 unspecified atom stereocenters. The molecule has 0 fully saturated rings. The number of nitrogens with two attached hydrogens (primary N) is 1. The molecule has 0 aliphatic rings. The average molecular weight is 504 g/mol. The smallest absolute Gasteiger partial charge is 0.286 e. The maximum Gasteiger partial charge on any atom is 0.286 e. The largest absolute Gasteiger partial charge is 0.326 e. The molecule has 0 aliphatic heterocycles. The number of hydrogen-bond donors (Lipinski definition) is 4. The lowest BCUT2D eigenvalue weighted by Gasteiger charge is -2.17. The van der Waals surface area contributed by atoms with Crippen molar-refractivity contribution in [3.05, 3.63) is 90.3 Å². The molecule has 4 amide bonds. The number of hydroxylamine groups is 2. The van der Waals surface area contributed by atoms with Crippen LogP contribution in [0.25, 0.3) is 0 Å². The predicted octanol–water partition coefficient (Wildman–Crippen LogP) is 3.61. The highest BCUT2D eigenvalue weighted by Gasteiger charge is 2.25. The molecule has 1 aromatic heterocycles. The van der Waals surface area contributed by atoms with Gasteiger partial charge in [-0.25, -0.2) is 0 Å². The predicted molar refractivity (Wildman–Crippen MR) is 138 cm³/mol. The van der Waals surface area contributed by atoms with Gasteiger partial charge in [-0.3, -0.25) is 29.4 Å². The Morgan fingerprint density at radius 1 is 0.865 bits per heavy atom. The van der Waals surface area contributed by atoms with Crippen LogP contribution in [0.15, 0.2) is 79.1 Å². The molecular weight excluding hydrogens is 474 g/mol. The van der Waals surface area contributed by atoms with E-state index in [2.05, 4.69) is 15.6 Å². The number of pyridine rings is 1. The van der Waals surface area contributed by atoms with Crippen molar-refractivity contribution in [1.29, 1.82) is 0 Å². The fourth-order valence-electron chi connectivity index (χ4n) is 3.52. The number of nitrogens with zero attached hydrogens (tertiary/aromatic N) is 2. The van der Waals surface area contributed by atoms with Crippen LogP contribution in [0.4, 0.5) is 11.4 Å². The third-order valence-corrected chi connectivity index (χ3v) is 5.52. The summed E-state index contributed by atoms with van der Waals surface area (Å²) >= 11 is 0. The van der Waals surface area contributed by atoms with Crippen LogP contribution in [-0.4, -0.2) is 44.9 Å². The van der Waals surface area contributed by atoms with Gasteiger partial charge in [0.1, 0.15) is 0 Å². The molecule has 1 heterocycles. The van der Waals surface area contributed by atoms with Gasteiger partial charge in [0.15, 0.2) is 0 Å². The molecular formula is C27H29N5O5. The van der Waals surface area contributed by atoms with Crippen molar-refractivity contribution in [2.24, 2.45) is 5.73 Å². The SMILES string of the molecule is NC(CCCCCC(=O)Nc1ccccc1)C(=O)Nc1ccccc1C(=O)N(O)C(=O)c1cccnc1. The monoisotopic (exact) mass is 503 g/mol. The molecule has 2 aromatic carbocycles. The number of nitrogens with one attached hydrogen (secondary N) is 2. The summed E-state index contributed by atoms with van der Waals surface area (Å²) in [5.74, 6) is -2.54. The minimum atomic E-state index is -1.01. The van der Waals surface area contributed by atoms with Crippen molar-refractivity contribution in [3.8, 4) is 0 Å². The molecule has 0 saturated carbocycles. The second-order valence-corrected chi connectivity index (χ2v) is 8.32. The Balaban J connectivity index is 1.47. The summed E-state index contributed by atoms with van der Waals surface area (Å²) in [4.78, 5) is 53.6. The summed E-state index contributed by atoms with van der Waals surface area (Å²) in [5, 5.41) is 15.6. The summed E-state index contributed by atoms with van der Waals surface area (Å²) in [5.41, 5.74) is 6.83. The normalized spacial score (nSPS) is 11.3. The Morgan fingerprint density at radius 3 is 2.32 bits per heavy atom. The van der Waals surface area contributed by atoms with Gasteiger partial charge >= 0.3 is 0 Å². The third-order valence-electron chi connectivity index (χ3n) is 5.52. The lowest BCUT2D eigenvalue weighted by molar-refractivity contribution is -0.118. The van der Waals surface area contributed by atoms with Crippen LogP contribution in [0.1, 0.15) is 52.8 Å². The van der Waals surface area contributed by atoms with E-state index in [1.807, 2.05) is 30.3 Å². The molecule has 5 N–H and O–H groups in total. The van der Waals surface area contributed by atoms with Crippen LogP contribution in [0.5, 0.6) is 0 Å². The number of unbranched alkanes of at least 4 members (excludes halogenated alkanes) is 2. The Hall–Kier alpha value is -4.41. The molecule has 0 radical (unpaired) electrons. The lowest BCUT2D eigenvalue weighted by Crippen LogP contribution is -2.37. The van der Waals surface area contributed by atoms with Gasteiger partial charge in [-0.1, -0.05) is 43.2 Å². The van der Waals surface area contributed by atoms with Gasteiger partial charge in [-0.15, -0.1) is 5.06 Å². The van der Waals surface area contributed by atoms with E-state index in [4.69, 9.17) is 5.73 Å². The molecule has 37 heavy (non-hydrogen) atoms.